The summed E-state index contributed by atoms with van der Waals surface area (Å²) < 4.78 is 0. The molecule has 0 fully saturated rings. The molecule has 0 bridgehead atoms. The van der Waals surface area contributed by atoms with Crippen LogP contribution in [0.25, 0.3) is 0 Å². The molecule has 0 aliphatic heterocycles. The number of nitrogens with zero attached hydrogens (tertiary/aromatic N) is 1. The monoisotopic (exact) mass is 292 g/mol. The lowest BCUT2D eigenvalue weighted by molar-refractivity contribution is -0.255. The molecule has 6 heteroatoms. The van der Waals surface area contributed by atoms with Gasteiger partial charge in [-0.15, -0.1) is 0 Å². The number of nitrogens with one attached hydrogen (secondary N) is 2. The topological polar surface area (TPSA) is 76.5 Å². The highest BCUT2D eigenvalue weighted by atomic mass is 32.1. The lowest BCUT2D eigenvalue weighted by Gasteiger charge is -2.06. The second-order valence-electron chi connectivity index (χ2n) is 4.24. The van der Waals surface area contributed by atoms with Gasteiger partial charge in [-0.3, -0.25) is 5.43 Å². The number of benzene rings is 1. The van der Waals surface area contributed by atoms with E-state index in [1.54, 1.807) is 18.3 Å². The molecule has 0 aromatic heterocycles. The zero-order valence-electron chi connectivity index (χ0n) is 11.4. The quantitative estimate of drug-likeness (QED) is 0.340. The molecule has 1 aromatic carbocycles. The van der Waals surface area contributed by atoms with E-state index in [1.165, 1.54) is 25.0 Å². The number of thiocarbonyl (C=S) groups is 1. The second-order valence-corrected chi connectivity index (χ2v) is 4.65. The minimum Gasteiger partial charge on any atom is -0.545 e. The van der Waals surface area contributed by atoms with Gasteiger partial charge < -0.3 is 15.2 Å². The SMILES string of the molecule is CCCCCNC(=S)N/N=C\c1ccc(C(=O)[O-])cc1. The number of rotatable bonds is 7. The molecule has 0 heterocycles. The number of hydrogen-bond donors (Lipinski definition) is 2. The smallest absolute Gasteiger partial charge is 0.186 e. The summed E-state index contributed by atoms with van der Waals surface area (Å²) in [4.78, 5) is 10.6. The number of carbonyl (C=O) groups is 1. The minimum atomic E-state index is -1.19. The van der Waals surface area contributed by atoms with Gasteiger partial charge in [-0.25, -0.2) is 0 Å². The molecular weight excluding hydrogens is 274 g/mol. The van der Waals surface area contributed by atoms with Gasteiger partial charge in [0.1, 0.15) is 0 Å². The van der Waals surface area contributed by atoms with Gasteiger partial charge in [0, 0.05) is 6.54 Å². The molecule has 108 valence electrons. The molecule has 0 unspecified atom stereocenters. The largest absolute Gasteiger partial charge is 0.545 e. The summed E-state index contributed by atoms with van der Waals surface area (Å²) in [5.74, 6) is -1.19. The van der Waals surface area contributed by atoms with Crippen molar-refractivity contribution in [2.75, 3.05) is 6.54 Å². The van der Waals surface area contributed by atoms with Crippen LogP contribution in [0.5, 0.6) is 0 Å². The van der Waals surface area contributed by atoms with E-state index in [0.717, 1.165) is 18.5 Å². The molecule has 20 heavy (non-hydrogen) atoms. The van der Waals surface area contributed by atoms with Crippen LogP contribution in [0.2, 0.25) is 0 Å². The number of hydrazone groups is 1. The van der Waals surface area contributed by atoms with Crippen LogP contribution in [-0.2, 0) is 0 Å². The summed E-state index contributed by atoms with van der Waals surface area (Å²) in [5.41, 5.74) is 3.62. The highest BCUT2D eigenvalue weighted by Gasteiger charge is 1.94. The molecule has 0 aliphatic rings. The maximum absolute atomic E-state index is 10.6. The fourth-order valence-electron chi connectivity index (χ4n) is 1.49. The maximum Gasteiger partial charge on any atom is 0.186 e. The molecule has 0 amide bonds. The predicted molar refractivity (Wildman–Crippen MR) is 81.6 cm³/mol. The van der Waals surface area contributed by atoms with E-state index in [4.69, 9.17) is 12.2 Å². The number of unbranched alkanes of at least 4 members (excludes halogenated alkanes) is 2. The Kier molecular flexibility index (Phi) is 7.27. The maximum atomic E-state index is 10.6. The fraction of sp³-hybridized carbons (Fsp3) is 0.357. The highest BCUT2D eigenvalue weighted by molar-refractivity contribution is 7.80. The van der Waals surface area contributed by atoms with Crippen molar-refractivity contribution in [2.24, 2.45) is 5.10 Å². The van der Waals surface area contributed by atoms with Gasteiger partial charge in [0.05, 0.1) is 12.2 Å². The average Bonchev–Trinajstić information content (AvgIpc) is 2.44. The van der Waals surface area contributed by atoms with E-state index >= 15 is 0 Å². The molecular formula is C14H18N3O2S-. The zero-order valence-corrected chi connectivity index (χ0v) is 12.2. The third kappa shape index (κ3) is 6.29. The van der Waals surface area contributed by atoms with E-state index in [-0.39, 0.29) is 5.56 Å². The Bertz CT molecular complexity index is 472. The molecule has 0 saturated heterocycles. The van der Waals surface area contributed by atoms with Gasteiger partial charge in [0.25, 0.3) is 0 Å². The number of carboxylic acids is 1. The Hall–Kier alpha value is -1.95. The highest BCUT2D eigenvalue weighted by Crippen LogP contribution is 2.01. The Morgan fingerprint density at radius 2 is 2.05 bits per heavy atom. The summed E-state index contributed by atoms with van der Waals surface area (Å²) in [6, 6.07) is 6.23. The average molecular weight is 292 g/mol. The van der Waals surface area contributed by atoms with Crippen LogP contribution in [0.1, 0.15) is 42.1 Å². The van der Waals surface area contributed by atoms with Crippen LogP contribution in [-0.4, -0.2) is 23.8 Å². The third-order valence-corrected chi connectivity index (χ3v) is 2.83. The van der Waals surface area contributed by atoms with E-state index in [2.05, 4.69) is 22.8 Å². The number of carboxylic acid groups (broad SMARTS) is 1. The summed E-state index contributed by atoms with van der Waals surface area (Å²) in [5, 5.41) is 18.1. The first-order valence-electron chi connectivity index (χ1n) is 6.51. The van der Waals surface area contributed by atoms with Crippen molar-refractivity contribution in [3.8, 4) is 0 Å². The Morgan fingerprint density at radius 3 is 2.65 bits per heavy atom. The Morgan fingerprint density at radius 1 is 1.35 bits per heavy atom. The molecule has 1 rings (SSSR count). The number of carbonyl (C=O) groups excluding carboxylic acids is 1. The van der Waals surface area contributed by atoms with E-state index < -0.39 is 5.97 Å². The van der Waals surface area contributed by atoms with Crippen molar-refractivity contribution >= 4 is 29.5 Å². The molecule has 0 atom stereocenters. The predicted octanol–water partition coefficient (Wildman–Crippen LogP) is 1.04. The van der Waals surface area contributed by atoms with Crippen molar-refractivity contribution < 1.29 is 9.90 Å². The van der Waals surface area contributed by atoms with Gasteiger partial charge >= 0.3 is 0 Å². The molecule has 1 aromatic rings. The molecule has 5 nitrogen and oxygen atoms in total. The molecule has 0 radical (unpaired) electrons. The zero-order chi connectivity index (χ0) is 14.8. The summed E-state index contributed by atoms with van der Waals surface area (Å²) >= 11 is 5.05. The van der Waals surface area contributed by atoms with Crippen LogP contribution >= 0.6 is 12.2 Å². The van der Waals surface area contributed by atoms with Crippen LogP contribution in [0.3, 0.4) is 0 Å². The summed E-state index contributed by atoms with van der Waals surface area (Å²) in [6.45, 7) is 2.97. The van der Waals surface area contributed by atoms with E-state index in [0.29, 0.717) is 5.11 Å². The van der Waals surface area contributed by atoms with E-state index in [1.807, 2.05) is 0 Å². The lowest BCUT2D eigenvalue weighted by atomic mass is 10.1. The minimum absolute atomic E-state index is 0.142. The van der Waals surface area contributed by atoms with Crippen molar-refractivity contribution in [2.45, 2.75) is 26.2 Å². The van der Waals surface area contributed by atoms with Gasteiger partial charge in [0.2, 0.25) is 0 Å². The molecule has 0 saturated carbocycles. The summed E-state index contributed by atoms with van der Waals surface area (Å²) in [6.07, 6.45) is 4.98. The van der Waals surface area contributed by atoms with Crippen LogP contribution in [0, 0.1) is 0 Å². The van der Waals surface area contributed by atoms with Crippen LogP contribution in [0.4, 0.5) is 0 Å². The standard InChI is InChI=1S/C14H19N3O2S/c1-2-3-4-9-15-14(20)17-16-10-11-5-7-12(8-6-11)13(18)19/h5-8,10H,2-4,9H2,1H3,(H,18,19)(H2,15,17,20)/p-1/b16-10-. The van der Waals surface area contributed by atoms with Crippen LogP contribution < -0.4 is 15.8 Å². The number of hydrogen-bond acceptors (Lipinski definition) is 4. The second kappa shape index (κ2) is 9.03. The first kappa shape index (κ1) is 16.1. The van der Waals surface area contributed by atoms with Crippen molar-refractivity contribution in [3.63, 3.8) is 0 Å². The first-order chi connectivity index (χ1) is 9.63. The van der Waals surface area contributed by atoms with Crippen LogP contribution in [0.15, 0.2) is 29.4 Å². The fourth-order valence-corrected chi connectivity index (χ4v) is 1.64. The Balaban J connectivity index is 2.33. The lowest BCUT2D eigenvalue weighted by Crippen LogP contribution is -2.32. The van der Waals surface area contributed by atoms with E-state index in [9.17, 15) is 9.90 Å². The van der Waals surface area contributed by atoms with Gasteiger partial charge in [0.15, 0.2) is 5.11 Å². The molecule has 0 aliphatic carbocycles. The molecule has 0 spiro atoms. The number of aromatic carboxylic acids is 1. The van der Waals surface area contributed by atoms with Crippen molar-refractivity contribution in [1.29, 1.82) is 0 Å². The Labute approximate surface area is 124 Å². The van der Waals surface area contributed by atoms with Gasteiger partial charge in [-0.2, -0.15) is 5.10 Å². The van der Waals surface area contributed by atoms with Crippen molar-refractivity contribution in [3.05, 3.63) is 35.4 Å². The normalized spacial score (nSPS) is 10.4. The molecule has 2 N–H and O–H groups in total. The van der Waals surface area contributed by atoms with Gasteiger partial charge in [-0.1, -0.05) is 44.0 Å². The third-order valence-electron chi connectivity index (χ3n) is 2.59. The first-order valence-corrected chi connectivity index (χ1v) is 6.92. The summed E-state index contributed by atoms with van der Waals surface area (Å²) in [7, 11) is 0. The van der Waals surface area contributed by atoms with Crippen molar-refractivity contribution in [1.82, 2.24) is 10.7 Å². The van der Waals surface area contributed by atoms with Gasteiger partial charge in [-0.05, 0) is 29.8 Å².